The normalized spacial score (nSPS) is 12.9. The third kappa shape index (κ3) is 5.28. The van der Waals surface area contributed by atoms with Gasteiger partial charge < -0.3 is 11.1 Å². The molecule has 2 rings (SSSR count). The smallest absolute Gasteiger partial charge is 0.273 e. The Morgan fingerprint density at radius 3 is 2.59 bits per heavy atom. The summed E-state index contributed by atoms with van der Waals surface area (Å²) in [7, 11) is 0. The Labute approximate surface area is 166 Å². The fourth-order valence-corrected chi connectivity index (χ4v) is 3.30. The van der Waals surface area contributed by atoms with Gasteiger partial charge in [0.05, 0.1) is 12.2 Å². The van der Waals surface area contributed by atoms with Crippen LogP contribution in [-0.2, 0) is 11.3 Å². The van der Waals surface area contributed by atoms with Crippen LogP contribution in [0.1, 0.15) is 50.5 Å². The number of primary amides is 1. The molecule has 3 N–H and O–H groups in total. The third-order valence-corrected chi connectivity index (χ3v) is 4.85. The highest BCUT2D eigenvalue weighted by atomic mass is 79.9. The first-order chi connectivity index (χ1) is 12.6. The van der Waals surface area contributed by atoms with Crippen molar-refractivity contribution >= 4 is 38.6 Å². The van der Waals surface area contributed by atoms with E-state index in [0.29, 0.717) is 18.4 Å². The first-order valence-electron chi connectivity index (χ1n) is 8.97. The molecule has 1 aromatic carbocycles. The number of halogens is 2. The average molecular weight is 441 g/mol. The number of amides is 2. The summed E-state index contributed by atoms with van der Waals surface area (Å²) in [6.45, 7) is 5.76. The average Bonchev–Trinajstić information content (AvgIpc) is 2.93. The number of nitrogens with one attached hydrogen (secondary N) is 1. The summed E-state index contributed by atoms with van der Waals surface area (Å²) in [6.07, 6.45) is 2.04. The van der Waals surface area contributed by atoms with Gasteiger partial charge in [-0.25, -0.2) is 0 Å². The molecule has 1 atom stereocenters. The minimum atomic E-state index is -0.818. The molecule has 148 valence electrons. The van der Waals surface area contributed by atoms with Crippen LogP contribution in [0.15, 0.2) is 22.7 Å². The zero-order valence-electron chi connectivity index (χ0n) is 15.9. The molecule has 2 amide bonds. The lowest BCUT2D eigenvalue weighted by Crippen LogP contribution is -2.52. The predicted molar refractivity (Wildman–Crippen MR) is 107 cm³/mol. The summed E-state index contributed by atoms with van der Waals surface area (Å²) < 4.78 is 14.9. The van der Waals surface area contributed by atoms with E-state index >= 15 is 0 Å². The second kappa shape index (κ2) is 8.82. The first-order valence-corrected chi connectivity index (χ1v) is 9.76. The van der Waals surface area contributed by atoms with Crippen LogP contribution in [0.2, 0.25) is 0 Å². The van der Waals surface area contributed by atoms with Gasteiger partial charge in [-0.3, -0.25) is 18.7 Å². The van der Waals surface area contributed by atoms with Crippen LogP contribution in [-0.4, -0.2) is 34.3 Å². The standard InChI is InChI=1S/C19H26BrFN4O2/c1-19(2,3)16(17(22)26)23-18(27)15-13-11-12(20)7-8-14(13)25(24-15)10-6-4-5-9-21/h7-8,11,16H,4-6,9-10H2,1-3H3,(H2,22,26)(H,23,27)/t16-/m1/s1. The van der Waals surface area contributed by atoms with Crippen molar-refractivity contribution in [3.8, 4) is 0 Å². The van der Waals surface area contributed by atoms with Crippen molar-refractivity contribution in [3.63, 3.8) is 0 Å². The molecule has 0 saturated heterocycles. The molecule has 1 aromatic heterocycles. The second-order valence-corrected chi connectivity index (χ2v) is 8.57. The maximum Gasteiger partial charge on any atom is 0.273 e. The Morgan fingerprint density at radius 2 is 2.00 bits per heavy atom. The van der Waals surface area contributed by atoms with E-state index in [9.17, 15) is 14.0 Å². The zero-order valence-corrected chi connectivity index (χ0v) is 17.5. The summed E-state index contributed by atoms with van der Waals surface area (Å²) in [4.78, 5) is 24.6. The molecular weight excluding hydrogens is 415 g/mol. The highest BCUT2D eigenvalue weighted by molar-refractivity contribution is 9.10. The number of carbonyl (C=O) groups excluding carboxylic acids is 2. The number of nitrogens with zero attached hydrogens (tertiary/aromatic N) is 2. The summed E-state index contributed by atoms with van der Waals surface area (Å²) in [5, 5.41) is 7.86. The van der Waals surface area contributed by atoms with Crippen molar-refractivity contribution in [2.24, 2.45) is 11.1 Å². The van der Waals surface area contributed by atoms with Crippen LogP contribution in [0, 0.1) is 5.41 Å². The second-order valence-electron chi connectivity index (χ2n) is 7.66. The third-order valence-electron chi connectivity index (χ3n) is 4.36. The Bertz CT molecular complexity index is 829. The van der Waals surface area contributed by atoms with Gasteiger partial charge in [-0.05, 0) is 42.9 Å². The molecule has 0 spiro atoms. The summed E-state index contributed by atoms with van der Waals surface area (Å²) in [5.74, 6) is -1.04. The maximum atomic E-state index is 12.9. The van der Waals surface area contributed by atoms with Crippen LogP contribution in [0.4, 0.5) is 4.39 Å². The quantitative estimate of drug-likeness (QED) is 0.614. The van der Waals surface area contributed by atoms with Crippen molar-refractivity contribution < 1.29 is 14.0 Å². The van der Waals surface area contributed by atoms with Crippen molar-refractivity contribution in [3.05, 3.63) is 28.4 Å². The topological polar surface area (TPSA) is 90.0 Å². The number of rotatable bonds is 8. The number of hydrogen-bond donors (Lipinski definition) is 2. The number of hydrogen-bond acceptors (Lipinski definition) is 3. The Balaban J connectivity index is 2.34. The monoisotopic (exact) mass is 440 g/mol. The van der Waals surface area contributed by atoms with Crippen molar-refractivity contribution in [1.82, 2.24) is 15.1 Å². The Hall–Kier alpha value is -1.96. The summed E-state index contributed by atoms with van der Waals surface area (Å²) >= 11 is 3.42. The molecule has 0 radical (unpaired) electrons. The lowest BCUT2D eigenvalue weighted by Gasteiger charge is -2.28. The number of fused-ring (bicyclic) bond motifs is 1. The van der Waals surface area contributed by atoms with Gasteiger partial charge in [-0.1, -0.05) is 36.7 Å². The van der Waals surface area contributed by atoms with Crippen LogP contribution >= 0.6 is 15.9 Å². The number of unbranched alkanes of at least 4 members (excludes halogenated alkanes) is 2. The molecule has 1 heterocycles. The SMILES string of the molecule is CC(C)(C)[C@H](NC(=O)c1nn(CCCCCF)c2ccc(Br)cc12)C(N)=O. The van der Waals surface area contributed by atoms with E-state index in [0.717, 1.165) is 22.8 Å². The van der Waals surface area contributed by atoms with Crippen LogP contribution in [0.25, 0.3) is 10.9 Å². The van der Waals surface area contributed by atoms with E-state index in [4.69, 9.17) is 5.73 Å². The Morgan fingerprint density at radius 1 is 1.30 bits per heavy atom. The molecule has 0 saturated carbocycles. The number of aryl methyl sites for hydroxylation is 1. The van der Waals surface area contributed by atoms with Crippen molar-refractivity contribution in [2.75, 3.05) is 6.67 Å². The van der Waals surface area contributed by atoms with Crippen LogP contribution in [0.5, 0.6) is 0 Å². The van der Waals surface area contributed by atoms with E-state index in [1.54, 1.807) is 4.68 Å². The van der Waals surface area contributed by atoms with Gasteiger partial charge in [-0.2, -0.15) is 5.10 Å². The van der Waals surface area contributed by atoms with Gasteiger partial charge >= 0.3 is 0 Å². The molecule has 0 aliphatic carbocycles. The van der Waals surface area contributed by atoms with Gasteiger partial charge in [0.2, 0.25) is 5.91 Å². The zero-order chi connectivity index (χ0) is 20.2. The van der Waals surface area contributed by atoms with Gasteiger partial charge in [0.1, 0.15) is 6.04 Å². The van der Waals surface area contributed by atoms with Crippen LogP contribution in [0.3, 0.4) is 0 Å². The van der Waals surface area contributed by atoms with Crippen molar-refractivity contribution in [1.29, 1.82) is 0 Å². The predicted octanol–water partition coefficient (Wildman–Crippen LogP) is 3.57. The van der Waals surface area contributed by atoms with E-state index < -0.39 is 23.3 Å². The molecule has 0 aliphatic rings. The fourth-order valence-electron chi connectivity index (χ4n) is 2.94. The molecule has 8 heteroatoms. The van der Waals surface area contributed by atoms with Gasteiger partial charge in [-0.15, -0.1) is 0 Å². The molecule has 27 heavy (non-hydrogen) atoms. The van der Waals surface area contributed by atoms with Crippen LogP contribution < -0.4 is 11.1 Å². The van der Waals surface area contributed by atoms with Crippen molar-refractivity contribution in [2.45, 2.75) is 52.6 Å². The van der Waals surface area contributed by atoms with Gasteiger partial charge in [0.25, 0.3) is 5.91 Å². The van der Waals surface area contributed by atoms with Gasteiger partial charge in [0, 0.05) is 16.4 Å². The number of alkyl halides is 1. The lowest BCUT2D eigenvalue weighted by molar-refractivity contribution is -0.122. The Kier molecular flexibility index (Phi) is 6.97. The molecule has 0 unspecified atom stereocenters. The molecule has 0 bridgehead atoms. The number of carbonyl (C=O) groups is 2. The number of nitrogens with two attached hydrogens (primary N) is 1. The highest BCUT2D eigenvalue weighted by Crippen LogP contribution is 2.25. The number of aromatic nitrogens is 2. The van der Waals surface area contributed by atoms with E-state index in [1.807, 2.05) is 39.0 Å². The minimum Gasteiger partial charge on any atom is -0.368 e. The van der Waals surface area contributed by atoms with Gasteiger partial charge in [0.15, 0.2) is 5.69 Å². The molecule has 0 fully saturated rings. The molecular formula is C19H26BrFN4O2. The lowest BCUT2D eigenvalue weighted by atomic mass is 9.86. The molecule has 6 nitrogen and oxygen atoms in total. The van der Waals surface area contributed by atoms with E-state index in [1.165, 1.54) is 0 Å². The number of benzene rings is 1. The highest BCUT2D eigenvalue weighted by Gasteiger charge is 2.32. The van der Waals surface area contributed by atoms with E-state index in [-0.39, 0.29) is 12.4 Å². The minimum absolute atomic E-state index is 0.243. The summed E-state index contributed by atoms with van der Waals surface area (Å²) in [5.41, 5.74) is 6.00. The first kappa shape index (κ1) is 21.3. The summed E-state index contributed by atoms with van der Waals surface area (Å²) in [6, 6.07) is 4.77. The maximum absolute atomic E-state index is 12.9. The molecule has 2 aromatic rings. The molecule has 0 aliphatic heterocycles. The largest absolute Gasteiger partial charge is 0.368 e. The van der Waals surface area contributed by atoms with E-state index in [2.05, 4.69) is 26.3 Å². The fraction of sp³-hybridized carbons (Fsp3) is 0.526.